The molecule has 1 heterocycles. The fourth-order valence-electron chi connectivity index (χ4n) is 2.03. The predicted molar refractivity (Wildman–Crippen MR) is 73.7 cm³/mol. The van der Waals surface area contributed by atoms with Gasteiger partial charge in [0.1, 0.15) is 0 Å². The van der Waals surface area contributed by atoms with Gasteiger partial charge in [0.15, 0.2) is 0 Å². The van der Waals surface area contributed by atoms with Crippen molar-refractivity contribution in [2.24, 2.45) is 11.8 Å². The zero-order valence-corrected chi connectivity index (χ0v) is 12.0. The molecule has 0 aromatic rings. The second-order valence-corrected chi connectivity index (χ2v) is 6.29. The van der Waals surface area contributed by atoms with E-state index < -0.39 is 5.97 Å². The molecule has 1 amide bonds. The first-order valence-electron chi connectivity index (χ1n) is 6.61. The Kier molecular flexibility index (Phi) is 6.54. The van der Waals surface area contributed by atoms with Crippen molar-refractivity contribution < 1.29 is 14.7 Å². The number of amides is 1. The van der Waals surface area contributed by atoms with Crippen LogP contribution >= 0.6 is 11.8 Å². The van der Waals surface area contributed by atoms with E-state index in [9.17, 15) is 9.59 Å². The average Bonchev–Trinajstić information content (AvgIpc) is 2.81. The van der Waals surface area contributed by atoms with Crippen molar-refractivity contribution in [1.29, 1.82) is 0 Å². The molecule has 1 rings (SSSR count). The summed E-state index contributed by atoms with van der Waals surface area (Å²) in [5.74, 6) is 1.33. The van der Waals surface area contributed by atoms with Crippen LogP contribution in [-0.4, -0.2) is 34.5 Å². The molecule has 0 aliphatic carbocycles. The molecule has 4 nitrogen and oxygen atoms in total. The Bertz CT molecular complexity index is 290. The van der Waals surface area contributed by atoms with Crippen LogP contribution in [0.25, 0.3) is 0 Å². The van der Waals surface area contributed by atoms with Crippen molar-refractivity contribution >= 4 is 23.6 Å². The molecule has 104 valence electrons. The SMILES string of the molecule is CC(CCCC(C)C(=O)O)NC(=O)C1CCSC1. The Labute approximate surface area is 113 Å². The molecular weight excluding hydrogens is 250 g/mol. The van der Waals surface area contributed by atoms with E-state index in [-0.39, 0.29) is 23.8 Å². The molecule has 1 saturated heterocycles. The summed E-state index contributed by atoms with van der Waals surface area (Å²) in [6.07, 6.45) is 3.35. The lowest BCUT2D eigenvalue weighted by Gasteiger charge is -2.17. The number of carbonyl (C=O) groups is 2. The van der Waals surface area contributed by atoms with E-state index in [2.05, 4.69) is 5.32 Å². The van der Waals surface area contributed by atoms with Gasteiger partial charge in [-0.05, 0) is 31.9 Å². The summed E-state index contributed by atoms with van der Waals surface area (Å²) in [6, 6.07) is 0.143. The number of aliphatic carboxylic acids is 1. The van der Waals surface area contributed by atoms with Crippen LogP contribution < -0.4 is 5.32 Å². The minimum atomic E-state index is -0.741. The maximum atomic E-state index is 11.8. The van der Waals surface area contributed by atoms with Crippen LogP contribution in [0.2, 0.25) is 0 Å². The molecule has 0 spiro atoms. The molecule has 0 saturated carbocycles. The monoisotopic (exact) mass is 273 g/mol. The largest absolute Gasteiger partial charge is 0.481 e. The Hall–Kier alpha value is -0.710. The highest BCUT2D eigenvalue weighted by Gasteiger charge is 2.24. The molecule has 3 atom stereocenters. The van der Waals surface area contributed by atoms with Crippen LogP contribution in [0.1, 0.15) is 39.5 Å². The van der Waals surface area contributed by atoms with E-state index in [0.717, 1.165) is 30.8 Å². The summed E-state index contributed by atoms with van der Waals surface area (Å²) in [5, 5.41) is 11.8. The number of carbonyl (C=O) groups excluding carboxylic acids is 1. The van der Waals surface area contributed by atoms with Crippen molar-refractivity contribution in [3.8, 4) is 0 Å². The second-order valence-electron chi connectivity index (χ2n) is 5.14. The first-order valence-corrected chi connectivity index (χ1v) is 7.77. The van der Waals surface area contributed by atoms with Gasteiger partial charge in [0.25, 0.3) is 0 Å². The fraction of sp³-hybridized carbons (Fsp3) is 0.846. The summed E-state index contributed by atoms with van der Waals surface area (Å²) >= 11 is 1.84. The average molecular weight is 273 g/mol. The maximum Gasteiger partial charge on any atom is 0.306 e. The molecule has 0 aromatic carbocycles. The second kappa shape index (κ2) is 7.67. The highest BCUT2D eigenvalue weighted by Crippen LogP contribution is 2.23. The minimum absolute atomic E-state index is 0.143. The van der Waals surface area contributed by atoms with Gasteiger partial charge in [0.05, 0.1) is 5.92 Å². The quantitative estimate of drug-likeness (QED) is 0.746. The Morgan fingerprint density at radius 3 is 2.67 bits per heavy atom. The topological polar surface area (TPSA) is 66.4 Å². The number of rotatable bonds is 7. The van der Waals surface area contributed by atoms with Crippen LogP contribution in [-0.2, 0) is 9.59 Å². The molecule has 1 aliphatic heterocycles. The van der Waals surface area contributed by atoms with E-state index in [1.165, 1.54) is 0 Å². The van der Waals surface area contributed by atoms with E-state index >= 15 is 0 Å². The smallest absolute Gasteiger partial charge is 0.306 e. The maximum absolute atomic E-state index is 11.8. The number of hydrogen-bond donors (Lipinski definition) is 2. The van der Waals surface area contributed by atoms with E-state index in [1.54, 1.807) is 6.92 Å². The first-order chi connectivity index (χ1) is 8.50. The van der Waals surface area contributed by atoms with Crippen LogP contribution in [0.3, 0.4) is 0 Å². The Balaban J connectivity index is 2.14. The fourth-order valence-corrected chi connectivity index (χ4v) is 3.25. The van der Waals surface area contributed by atoms with Crippen molar-refractivity contribution in [2.75, 3.05) is 11.5 Å². The highest BCUT2D eigenvalue weighted by molar-refractivity contribution is 7.99. The summed E-state index contributed by atoms with van der Waals surface area (Å²) in [5.41, 5.74) is 0. The lowest BCUT2D eigenvalue weighted by Crippen LogP contribution is -2.37. The van der Waals surface area contributed by atoms with E-state index in [1.807, 2.05) is 18.7 Å². The summed E-state index contributed by atoms with van der Waals surface area (Å²) in [7, 11) is 0. The third kappa shape index (κ3) is 5.29. The molecule has 5 heteroatoms. The standard InChI is InChI=1S/C13H23NO3S/c1-9(13(16)17)4-3-5-10(2)14-12(15)11-6-7-18-8-11/h9-11H,3-8H2,1-2H3,(H,14,15)(H,16,17). The zero-order chi connectivity index (χ0) is 13.5. The van der Waals surface area contributed by atoms with Crippen LogP contribution in [0, 0.1) is 11.8 Å². The van der Waals surface area contributed by atoms with Crippen LogP contribution in [0.4, 0.5) is 0 Å². The van der Waals surface area contributed by atoms with Crippen LogP contribution in [0.15, 0.2) is 0 Å². The number of nitrogens with one attached hydrogen (secondary N) is 1. The molecule has 2 N–H and O–H groups in total. The van der Waals surface area contributed by atoms with Gasteiger partial charge in [-0.1, -0.05) is 13.3 Å². The van der Waals surface area contributed by atoms with Gasteiger partial charge in [-0.3, -0.25) is 9.59 Å². The van der Waals surface area contributed by atoms with Gasteiger partial charge in [0.2, 0.25) is 5.91 Å². The third-order valence-corrected chi connectivity index (χ3v) is 4.55. The molecule has 0 bridgehead atoms. The number of carboxylic acid groups (broad SMARTS) is 1. The van der Waals surface area contributed by atoms with Crippen molar-refractivity contribution in [1.82, 2.24) is 5.32 Å². The van der Waals surface area contributed by atoms with Gasteiger partial charge >= 0.3 is 5.97 Å². The van der Waals surface area contributed by atoms with Gasteiger partial charge < -0.3 is 10.4 Å². The summed E-state index contributed by atoms with van der Waals surface area (Å²) in [4.78, 5) is 22.5. The van der Waals surface area contributed by atoms with Gasteiger partial charge in [-0.15, -0.1) is 0 Å². The normalized spacial score (nSPS) is 22.4. The van der Waals surface area contributed by atoms with E-state index in [4.69, 9.17) is 5.11 Å². The lowest BCUT2D eigenvalue weighted by atomic mass is 10.0. The highest BCUT2D eigenvalue weighted by atomic mass is 32.2. The predicted octanol–water partition coefficient (Wildman–Crippen LogP) is 2.14. The molecule has 0 aromatic heterocycles. The molecule has 3 unspecified atom stereocenters. The van der Waals surface area contributed by atoms with Crippen LogP contribution in [0.5, 0.6) is 0 Å². The lowest BCUT2D eigenvalue weighted by molar-refractivity contribution is -0.141. The molecule has 1 aliphatic rings. The number of hydrogen-bond acceptors (Lipinski definition) is 3. The van der Waals surface area contributed by atoms with Crippen molar-refractivity contribution in [2.45, 2.75) is 45.6 Å². The number of thioether (sulfide) groups is 1. The number of carboxylic acids is 1. The molecule has 18 heavy (non-hydrogen) atoms. The Morgan fingerprint density at radius 1 is 1.39 bits per heavy atom. The van der Waals surface area contributed by atoms with E-state index in [0.29, 0.717) is 6.42 Å². The zero-order valence-electron chi connectivity index (χ0n) is 11.1. The first kappa shape index (κ1) is 15.3. The molecule has 1 fully saturated rings. The van der Waals surface area contributed by atoms with Crippen molar-refractivity contribution in [3.05, 3.63) is 0 Å². The van der Waals surface area contributed by atoms with Crippen molar-refractivity contribution in [3.63, 3.8) is 0 Å². The minimum Gasteiger partial charge on any atom is -0.481 e. The third-order valence-electron chi connectivity index (χ3n) is 3.38. The Morgan fingerprint density at radius 2 is 2.11 bits per heavy atom. The summed E-state index contributed by atoms with van der Waals surface area (Å²) < 4.78 is 0. The molecule has 0 radical (unpaired) electrons. The van der Waals surface area contributed by atoms with Gasteiger partial charge in [-0.25, -0.2) is 0 Å². The van der Waals surface area contributed by atoms with Gasteiger partial charge in [0, 0.05) is 17.7 Å². The molecular formula is C13H23NO3S. The summed E-state index contributed by atoms with van der Waals surface area (Å²) in [6.45, 7) is 3.72. The van der Waals surface area contributed by atoms with Gasteiger partial charge in [-0.2, -0.15) is 11.8 Å².